The number of hydrogen-bond donors (Lipinski definition) is 0. The van der Waals surface area contributed by atoms with Crippen LogP contribution in [0.4, 0.5) is 5.69 Å². The van der Waals surface area contributed by atoms with E-state index < -0.39 is 29.8 Å². The summed E-state index contributed by atoms with van der Waals surface area (Å²) in [5.74, 6) is -1.13. The first-order chi connectivity index (χ1) is 14.5. The fraction of sp³-hybridized carbons (Fsp3) is 0.130. The molecule has 2 saturated heterocycles. The van der Waals surface area contributed by atoms with Gasteiger partial charge >= 0.3 is 5.97 Å². The van der Waals surface area contributed by atoms with Crippen LogP contribution >= 0.6 is 27.5 Å². The van der Waals surface area contributed by atoms with E-state index in [9.17, 15) is 9.59 Å². The third-order valence-electron chi connectivity index (χ3n) is 5.35. The Kier molecular flexibility index (Phi) is 4.65. The Morgan fingerprint density at radius 3 is 2.17 bits per heavy atom. The third kappa shape index (κ3) is 2.87. The molecule has 1 amide bonds. The zero-order valence-corrected chi connectivity index (χ0v) is 17.8. The molecule has 0 aromatic heterocycles. The number of β-lactam (4-membered cyclic amide) rings is 1. The van der Waals surface area contributed by atoms with Crippen molar-refractivity contribution >= 4 is 45.1 Å². The van der Waals surface area contributed by atoms with Gasteiger partial charge in [-0.2, -0.15) is 0 Å². The summed E-state index contributed by atoms with van der Waals surface area (Å²) >= 11 is 9.43. The Labute approximate surface area is 186 Å². The number of ether oxygens (including phenoxy) is 2. The van der Waals surface area contributed by atoms with Gasteiger partial charge in [0.25, 0.3) is 11.5 Å². The van der Waals surface area contributed by atoms with Gasteiger partial charge in [-0.3, -0.25) is 9.69 Å². The Hall–Kier alpha value is -2.67. The summed E-state index contributed by atoms with van der Waals surface area (Å²) in [7, 11) is 0. The summed E-state index contributed by atoms with van der Waals surface area (Å²) in [4.78, 5) is 27.9. The number of cyclic esters (lactones) is 1. The minimum absolute atomic E-state index is 0.446. The predicted molar refractivity (Wildman–Crippen MR) is 115 cm³/mol. The highest BCUT2D eigenvalue weighted by Gasteiger charge is 2.73. The molecule has 2 fully saturated rings. The molecule has 5 nitrogen and oxygen atoms in total. The van der Waals surface area contributed by atoms with Gasteiger partial charge in [-0.25, -0.2) is 4.79 Å². The average Bonchev–Trinajstić information content (AvgIpc) is 3.13. The second-order valence-electron chi connectivity index (χ2n) is 7.11. The van der Waals surface area contributed by atoms with E-state index >= 15 is 0 Å². The van der Waals surface area contributed by atoms with Crippen molar-refractivity contribution in [1.29, 1.82) is 0 Å². The first-order valence-electron chi connectivity index (χ1n) is 9.29. The zero-order chi connectivity index (χ0) is 20.9. The van der Waals surface area contributed by atoms with Gasteiger partial charge in [-0.15, -0.1) is 0 Å². The standard InChI is InChI=1S/C23H15BrClNO4/c24-16-10-6-15(7-11-16)20-29-22(28)23(30-20)19(14-8-12-17(25)13-9-14)26(21(23)27)18-4-2-1-3-5-18/h1-13,19-20H/t19-,20-,23-/m1/s1. The maximum Gasteiger partial charge on any atom is 0.353 e. The molecule has 3 atom stereocenters. The van der Waals surface area contributed by atoms with Crippen molar-refractivity contribution in [1.82, 2.24) is 0 Å². The summed E-state index contributed by atoms with van der Waals surface area (Å²) in [6, 6.07) is 22.8. The van der Waals surface area contributed by atoms with Crippen LogP contribution in [0, 0.1) is 0 Å². The van der Waals surface area contributed by atoms with Crippen molar-refractivity contribution in [3.63, 3.8) is 0 Å². The lowest BCUT2D eigenvalue weighted by molar-refractivity contribution is -0.168. The van der Waals surface area contributed by atoms with Gasteiger partial charge in [-0.05, 0) is 42.0 Å². The minimum atomic E-state index is -1.73. The first-order valence-corrected chi connectivity index (χ1v) is 10.5. The van der Waals surface area contributed by atoms with E-state index in [1.54, 1.807) is 41.3 Å². The van der Waals surface area contributed by atoms with Crippen molar-refractivity contribution in [2.24, 2.45) is 0 Å². The highest BCUT2D eigenvalue weighted by Crippen LogP contribution is 2.54. The highest BCUT2D eigenvalue weighted by atomic mass is 79.9. The Balaban J connectivity index is 1.57. The largest absolute Gasteiger partial charge is 0.429 e. The lowest BCUT2D eigenvalue weighted by atomic mass is 9.77. The van der Waals surface area contributed by atoms with Crippen LogP contribution in [-0.4, -0.2) is 17.5 Å². The molecule has 5 rings (SSSR count). The van der Waals surface area contributed by atoms with Crippen LogP contribution < -0.4 is 4.90 Å². The van der Waals surface area contributed by atoms with Crippen LogP contribution in [0.2, 0.25) is 5.02 Å². The van der Waals surface area contributed by atoms with Crippen molar-refractivity contribution < 1.29 is 19.1 Å². The SMILES string of the molecule is O=C1O[C@@H](c2ccc(Br)cc2)O[C@]12C(=O)N(c1ccccc1)[C@@H]2c1ccc(Cl)cc1. The highest BCUT2D eigenvalue weighted by molar-refractivity contribution is 9.10. The van der Waals surface area contributed by atoms with Crippen LogP contribution in [0.1, 0.15) is 23.5 Å². The summed E-state index contributed by atoms with van der Waals surface area (Å²) in [6.45, 7) is 0. The summed E-state index contributed by atoms with van der Waals surface area (Å²) in [5, 5.41) is 0.562. The number of halogens is 2. The fourth-order valence-corrected chi connectivity index (χ4v) is 4.30. The molecule has 3 aromatic carbocycles. The van der Waals surface area contributed by atoms with Crippen LogP contribution in [0.5, 0.6) is 0 Å². The van der Waals surface area contributed by atoms with Crippen LogP contribution in [0.25, 0.3) is 0 Å². The summed E-state index contributed by atoms with van der Waals surface area (Å²) in [6.07, 6.45) is -0.956. The smallest absolute Gasteiger partial charge is 0.353 e. The molecule has 2 aliphatic rings. The maximum absolute atomic E-state index is 13.3. The molecule has 0 radical (unpaired) electrons. The maximum atomic E-state index is 13.3. The van der Waals surface area contributed by atoms with Gasteiger partial charge in [0.05, 0.1) is 0 Å². The molecule has 2 aliphatic heterocycles. The lowest BCUT2D eigenvalue weighted by Crippen LogP contribution is -2.71. The predicted octanol–water partition coefficient (Wildman–Crippen LogP) is 5.20. The number of anilines is 1. The molecule has 0 saturated carbocycles. The third-order valence-corrected chi connectivity index (χ3v) is 6.13. The Morgan fingerprint density at radius 2 is 1.50 bits per heavy atom. The van der Waals surface area contributed by atoms with E-state index in [0.29, 0.717) is 16.3 Å². The van der Waals surface area contributed by atoms with Gasteiger partial charge in [0, 0.05) is 20.7 Å². The molecule has 0 aliphatic carbocycles. The number of carbonyl (C=O) groups is 2. The van der Waals surface area contributed by atoms with Crippen LogP contribution in [-0.2, 0) is 19.1 Å². The van der Waals surface area contributed by atoms with E-state index in [2.05, 4.69) is 15.9 Å². The van der Waals surface area contributed by atoms with E-state index in [0.717, 1.165) is 10.0 Å². The van der Waals surface area contributed by atoms with Crippen LogP contribution in [0.15, 0.2) is 83.3 Å². The number of rotatable bonds is 3. The van der Waals surface area contributed by atoms with E-state index in [1.807, 2.05) is 42.5 Å². The molecule has 30 heavy (non-hydrogen) atoms. The van der Waals surface area contributed by atoms with Crippen molar-refractivity contribution in [3.05, 3.63) is 99.5 Å². The molecule has 0 unspecified atom stereocenters. The number of carbonyl (C=O) groups excluding carboxylic acids is 2. The second-order valence-corrected chi connectivity index (χ2v) is 8.46. The van der Waals surface area contributed by atoms with E-state index in [4.69, 9.17) is 21.1 Å². The fourth-order valence-electron chi connectivity index (χ4n) is 3.91. The Bertz CT molecular complexity index is 1120. The number of amides is 1. The van der Waals surface area contributed by atoms with Crippen molar-refractivity contribution in [2.75, 3.05) is 4.90 Å². The molecule has 1 spiro atoms. The first kappa shape index (κ1) is 19.3. The molecule has 0 bridgehead atoms. The van der Waals surface area contributed by atoms with Gasteiger partial charge in [0.1, 0.15) is 6.04 Å². The number of nitrogens with zero attached hydrogens (tertiary/aromatic N) is 1. The normalized spacial score (nSPS) is 25.3. The monoisotopic (exact) mass is 483 g/mol. The van der Waals surface area contributed by atoms with E-state index in [1.165, 1.54) is 0 Å². The molecular formula is C23H15BrClNO4. The number of para-hydroxylation sites is 1. The topological polar surface area (TPSA) is 55.8 Å². The molecule has 0 N–H and O–H groups in total. The summed E-state index contributed by atoms with van der Waals surface area (Å²) < 4.78 is 12.5. The molecular weight excluding hydrogens is 470 g/mol. The lowest BCUT2D eigenvalue weighted by Gasteiger charge is -2.50. The number of esters is 1. The van der Waals surface area contributed by atoms with Gasteiger partial charge < -0.3 is 9.47 Å². The zero-order valence-electron chi connectivity index (χ0n) is 15.5. The average molecular weight is 485 g/mol. The van der Waals surface area contributed by atoms with Crippen molar-refractivity contribution in [2.45, 2.75) is 17.9 Å². The summed E-state index contributed by atoms with van der Waals surface area (Å²) in [5.41, 5.74) is 0.332. The quantitative estimate of drug-likeness (QED) is 0.291. The second kappa shape index (κ2) is 7.23. The Morgan fingerprint density at radius 1 is 0.867 bits per heavy atom. The van der Waals surface area contributed by atoms with Crippen molar-refractivity contribution in [3.8, 4) is 0 Å². The number of benzene rings is 3. The van der Waals surface area contributed by atoms with E-state index in [-0.39, 0.29) is 0 Å². The van der Waals surface area contributed by atoms with Gasteiger partial charge in [0.15, 0.2) is 0 Å². The molecule has 7 heteroatoms. The minimum Gasteiger partial charge on any atom is -0.429 e. The number of hydrogen-bond acceptors (Lipinski definition) is 4. The van der Waals surface area contributed by atoms with Gasteiger partial charge in [-0.1, -0.05) is 70.0 Å². The van der Waals surface area contributed by atoms with Crippen LogP contribution in [0.3, 0.4) is 0 Å². The molecule has 150 valence electrons. The van der Waals surface area contributed by atoms with Gasteiger partial charge in [0.2, 0.25) is 6.29 Å². The molecule has 2 heterocycles. The molecule has 3 aromatic rings.